The second kappa shape index (κ2) is 3.38. The maximum absolute atomic E-state index is 5.63. The lowest BCUT2D eigenvalue weighted by molar-refractivity contribution is 0.241. The first-order valence-corrected chi connectivity index (χ1v) is 4.82. The zero-order chi connectivity index (χ0) is 9.26. The van der Waals surface area contributed by atoms with Crippen LogP contribution in [0.15, 0.2) is 18.2 Å². The summed E-state index contributed by atoms with van der Waals surface area (Å²) < 4.78 is 5.63. The van der Waals surface area contributed by atoms with E-state index in [4.69, 9.17) is 10.5 Å². The Balaban J connectivity index is 2.25. The van der Waals surface area contributed by atoms with E-state index in [9.17, 15) is 0 Å². The topological polar surface area (TPSA) is 35.2 Å². The summed E-state index contributed by atoms with van der Waals surface area (Å²) in [6, 6.07) is 6.41. The highest BCUT2D eigenvalue weighted by atomic mass is 16.5. The summed E-state index contributed by atoms with van der Waals surface area (Å²) in [6.45, 7) is 2.77. The Hall–Kier alpha value is -1.02. The van der Waals surface area contributed by atoms with Crippen molar-refractivity contribution in [2.24, 2.45) is 5.73 Å². The van der Waals surface area contributed by atoms with E-state index in [2.05, 4.69) is 25.1 Å². The summed E-state index contributed by atoms with van der Waals surface area (Å²) in [6.07, 6.45) is 2.25. The van der Waals surface area contributed by atoms with E-state index in [-0.39, 0.29) is 6.10 Å². The van der Waals surface area contributed by atoms with E-state index in [0.29, 0.717) is 6.54 Å². The molecule has 0 bridgehead atoms. The molecule has 2 N–H and O–H groups in total. The molecule has 1 aliphatic rings. The predicted octanol–water partition coefficient (Wildman–Crippen LogP) is 1.51. The second-order valence-electron chi connectivity index (χ2n) is 3.48. The number of rotatable bonds is 2. The van der Waals surface area contributed by atoms with Crippen molar-refractivity contribution in [3.8, 4) is 5.75 Å². The Labute approximate surface area is 78.7 Å². The molecule has 0 spiro atoms. The molecule has 0 saturated heterocycles. The largest absolute Gasteiger partial charge is 0.488 e. The molecular formula is C11H15NO. The molecule has 0 saturated carbocycles. The summed E-state index contributed by atoms with van der Waals surface area (Å²) in [5.41, 5.74) is 8.25. The van der Waals surface area contributed by atoms with Gasteiger partial charge in [-0.15, -0.1) is 0 Å². The molecule has 2 nitrogen and oxygen atoms in total. The van der Waals surface area contributed by atoms with Crippen molar-refractivity contribution in [2.45, 2.75) is 25.9 Å². The maximum Gasteiger partial charge on any atom is 0.123 e. The third-order valence-corrected chi connectivity index (χ3v) is 2.54. The molecule has 0 radical (unpaired) electrons. The number of nitrogens with two attached hydrogens (primary N) is 1. The normalized spacial score (nSPS) is 19.7. The van der Waals surface area contributed by atoms with Gasteiger partial charge in [-0.3, -0.25) is 0 Å². The van der Waals surface area contributed by atoms with Gasteiger partial charge in [0.2, 0.25) is 0 Å². The van der Waals surface area contributed by atoms with E-state index >= 15 is 0 Å². The van der Waals surface area contributed by atoms with Crippen molar-refractivity contribution < 1.29 is 4.74 Å². The number of ether oxygens (including phenoxy) is 1. The van der Waals surface area contributed by atoms with E-state index in [1.54, 1.807) is 0 Å². The molecule has 0 aromatic heterocycles. The second-order valence-corrected chi connectivity index (χ2v) is 3.48. The smallest absolute Gasteiger partial charge is 0.123 e. The van der Waals surface area contributed by atoms with Crippen LogP contribution in [0.4, 0.5) is 0 Å². The van der Waals surface area contributed by atoms with Gasteiger partial charge in [0.15, 0.2) is 0 Å². The van der Waals surface area contributed by atoms with Crippen LogP contribution in [0.3, 0.4) is 0 Å². The molecule has 0 aliphatic carbocycles. The van der Waals surface area contributed by atoms with Crippen molar-refractivity contribution in [1.29, 1.82) is 0 Å². The zero-order valence-electron chi connectivity index (χ0n) is 7.92. The Bertz CT molecular complexity index is 309. The molecule has 2 rings (SSSR count). The molecule has 0 fully saturated rings. The average Bonchev–Trinajstić information content (AvgIpc) is 2.58. The van der Waals surface area contributed by atoms with Crippen molar-refractivity contribution in [2.75, 3.05) is 6.54 Å². The van der Waals surface area contributed by atoms with E-state index in [1.165, 1.54) is 11.1 Å². The van der Waals surface area contributed by atoms with Gasteiger partial charge < -0.3 is 10.5 Å². The zero-order valence-corrected chi connectivity index (χ0v) is 7.92. The van der Waals surface area contributed by atoms with Crippen molar-refractivity contribution in [3.63, 3.8) is 0 Å². The van der Waals surface area contributed by atoms with Crippen molar-refractivity contribution in [1.82, 2.24) is 0 Å². The average molecular weight is 177 g/mol. The number of aryl methyl sites for hydroxylation is 1. The quantitative estimate of drug-likeness (QED) is 0.743. The highest BCUT2D eigenvalue weighted by Gasteiger charge is 2.21. The van der Waals surface area contributed by atoms with E-state index < -0.39 is 0 Å². The predicted molar refractivity (Wildman–Crippen MR) is 53.0 cm³/mol. The van der Waals surface area contributed by atoms with Gasteiger partial charge in [-0.2, -0.15) is 0 Å². The lowest BCUT2D eigenvalue weighted by Gasteiger charge is -2.05. The van der Waals surface area contributed by atoms with Crippen LogP contribution in [0.5, 0.6) is 5.75 Å². The maximum atomic E-state index is 5.63. The molecule has 1 aromatic rings. The summed E-state index contributed by atoms with van der Waals surface area (Å²) in [5, 5.41) is 0. The van der Waals surface area contributed by atoms with E-state index in [1.807, 2.05) is 0 Å². The fourth-order valence-corrected chi connectivity index (χ4v) is 1.73. The molecule has 0 amide bonds. The summed E-state index contributed by atoms with van der Waals surface area (Å²) in [5.74, 6) is 1.02. The third kappa shape index (κ3) is 1.54. The number of benzene rings is 1. The summed E-state index contributed by atoms with van der Waals surface area (Å²) >= 11 is 0. The van der Waals surface area contributed by atoms with Crippen LogP contribution in [0.2, 0.25) is 0 Å². The molecule has 1 aliphatic heterocycles. The van der Waals surface area contributed by atoms with Crippen LogP contribution >= 0.6 is 0 Å². The monoisotopic (exact) mass is 177 g/mol. The van der Waals surface area contributed by atoms with Gasteiger partial charge in [-0.05, 0) is 23.6 Å². The first-order valence-electron chi connectivity index (χ1n) is 4.82. The number of hydrogen-bond acceptors (Lipinski definition) is 2. The highest BCUT2D eigenvalue weighted by Crippen LogP contribution is 2.29. The Morgan fingerprint density at radius 1 is 1.54 bits per heavy atom. The molecule has 1 heterocycles. The lowest BCUT2D eigenvalue weighted by Crippen LogP contribution is -2.24. The van der Waals surface area contributed by atoms with E-state index in [0.717, 1.165) is 18.6 Å². The minimum Gasteiger partial charge on any atom is -0.488 e. The lowest BCUT2D eigenvalue weighted by atomic mass is 10.1. The molecule has 13 heavy (non-hydrogen) atoms. The van der Waals surface area contributed by atoms with Gasteiger partial charge in [-0.1, -0.05) is 19.1 Å². The Morgan fingerprint density at radius 2 is 2.38 bits per heavy atom. The van der Waals surface area contributed by atoms with Crippen LogP contribution in [0, 0.1) is 0 Å². The van der Waals surface area contributed by atoms with Crippen LogP contribution in [0.25, 0.3) is 0 Å². The number of fused-ring (bicyclic) bond motifs is 1. The van der Waals surface area contributed by atoms with Gasteiger partial charge in [-0.25, -0.2) is 0 Å². The Kier molecular flexibility index (Phi) is 2.23. The van der Waals surface area contributed by atoms with Crippen LogP contribution in [0.1, 0.15) is 18.1 Å². The van der Waals surface area contributed by atoms with Crippen molar-refractivity contribution in [3.05, 3.63) is 29.3 Å². The van der Waals surface area contributed by atoms with Crippen LogP contribution in [-0.2, 0) is 12.8 Å². The number of hydrogen-bond donors (Lipinski definition) is 1. The molecular weight excluding hydrogens is 162 g/mol. The molecule has 1 atom stereocenters. The molecule has 1 aromatic carbocycles. The molecule has 0 unspecified atom stereocenters. The molecule has 70 valence electrons. The van der Waals surface area contributed by atoms with Crippen LogP contribution < -0.4 is 10.5 Å². The van der Waals surface area contributed by atoms with Gasteiger partial charge in [0.1, 0.15) is 11.9 Å². The SMILES string of the molecule is CCc1ccc2c(c1)C[C@@H](CN)O2. The third-order valence-electron chi connectivity index (χ3n) is 2.54. The fourth-order valence-electron chi connectivity index (χ4n) is 1.73. The summed E-state index contributed by atoms with van der Waals surface area (Å²) in [4.78, 5) is 0. The summed E-state index contributed by atoms with van der Waals surface area (Å²) in [7, 11) is 0. The Morgan fingerprint density at radius 3 is 3.08 bits per heavy atom. The first-order chi connectivity index (χ1) is 6.33. The van der Waals surface area contributed by atoms with Crippen LogP contribution in [-0.4, -0.2) is 12.6 Å². The van der Waals surface area contributed by atoms with Gasteiger partial charge in [0.25, 0.3) is 0 Å². The van der Waals surface area contributed by atoms with Gasteiger partial charge >= 0.3 is 0 Å². The van der Waals surface area contributed by atoms with Gasteiger partial charge in [0, 0.05) is 13.0 Å². The standard InChI is InChI=1S/C11H15NO/c1-2-8-3-4-11-9(5-8)6-10(7-12)13-11/h3-5,10H,2,6-7,12H2,1H3/t10-/m0/s1. The van der Waals surface area contributed by atoms with Crippen molar-refractivity contribution >= 4 is 0 Å². The van der Waals surface area contributed by atoms with Gasteiger partial charge in [0.05, 0.1) is 0 Å². The minimum absolute atomic E-state index is 0.196. The molecule has 2 heteroatoms. The first kappa shape index (κ1) is 8.57. The minimum atomic E-state index is 0.196. The highest BCUT2D eigenvalue weighted by molar-refractivity contribution is 5.40. The fraction of sp³-hybridized carbons (Fsp3) is 0.455.